The average molecular weight is 228 g/mol. The topological polar surface area (TPSA) is 53.1 Å². The molecule has 0 radical (unpaired) electrons. The predicted octanol–water partition coefficient (Wildman–Crippen LogP) is 2.59. The molecule has 2 aromatic rings. The molecule has 0 amide bonds. The summed E-state index contributed by atoms with van der Waals surface area (Å²) in [6.07, 6.45) is -0.176. The van der Waals surface area contributed by atoms with Crippen LogP contribution < -0.4 is 0 Å². The number of fused-ring (bicyclic) bond motifs is 1. The van der Waals surface area contributed by atoms with Crippen LogP contribution >= 0.6 is 11.6 Å². The lowest BCUT2D eigenvalue weighted by atomic mass is 10.1. The van der Waals surface area contributed by atoms with E-state index in [2.05, 4.69) is 4.98 Å². The molecular weight excluding hydrogens is 221 g/mol. The molecule has 0 fully saturated rings. The molecule has 3 nitrogen and oxygen atoms in total. The number of rotatable bonds is 2. The Morgan fingerprint density at radius 1 is 1.53 bits per heavy atom. The summed E-state index contributed by atoms with van der Waals surface area (Å²) in [5.74, 6) is -1.36. The van der Waals surface area contributed by atoms with Gasteiger partial charge in [0, 0.05) is 16.5 Å². The van der Waals surface area contributed by atoms with Gasteiger partial charge in [0.1, 0.15) is 11.0 Å². The van der Waals surface area contributed by atoms with Crippen molar-refractivity contribution in [2.75, 3.05) is 0 Å². The number of carboxylic acids is 1. The second kappa shape index (κ2) is 3.55. The van der Waals surface area contributed by atoms with Gasteiger partial charge < -0.3 is 10.1 Å². The summed E-state index contributed by atoms with van der Waals surface area (Å²) in [7, 11) is 0. The van der Waals surface area contributed by atoms with E-state index in [1.807, 2.05) is 0 Å². The Hall–Kier alpha value is -1.55. The van der Waals surface area contributed by atoms with Gasteiger partial charge in [-0.2, -0.15) is 0 Å². The first-order valence-corrected chi connectivity index (χ1v) is 4.63. The molecule has 78 valence electrons. The molecule has 0 aliphatic heterocycles. The smallest absolute Gasteiger partial charge is 0.307 e. The molecule has 2 N–H and O–H groups in total. The number of halogens is 2. The third-order valence-electron chi connectivity index (χ3n) is 2.14. The van der Waals surface area contributed by atoms with Crippen molar-refractivity contribution in [3.05, 3.63) is 34.7 Å². The van der Waals surface area contributed by atoms with E-state index >= 15 is 0 Å². The first kappa shape index (κ1) is 9.98. The average Bonchev–Trinajstić information content (AvgIpc) is 2.41. The molecule has 1 aromatic carbocycles. The second-order valence-corrected chi connectivity index (χ2v) is 3.56. The summed E-state index contributed by atoms with van der Waals surface area (Å²) in [6.45, 7) is 0. The lowest BCUT2D eigenvalue weighted by molar-refractivity contribution is -0.136. The fraction of sp³-hybridized carbons (Fsp3) is 0.100. The monoisotopic (exact) mass is 227 g/mol. The zero-order valence-corrected chi connectivity index (χ0v) is 8.31. The molecule has 0 atom stereocenters. The highest BCUT2D eigenvalue weighted by molar-refractivity contribution is 6.32. The number of nitrogens with one attached hydrogen (secondary N) is 1. The van der Waals surface area contributed by atoms with Crippen molar-refractivity contribution in [1.29, 1.82) is 0 Å². The summed E-state index contributed by atoms with van der Waals surface area (Å²) < 4.78 is 12.9. The highest BCUT2D eigenvalue weighted by Crippen LogP contribution is 2.27. The van der Waals surface area contributed by atoms with Crippen LogP contribution in [-0.4, -0.2) is 16.1 Å². The van der Waals surface area contributed by atoms with Gasteiger partial charge in [0.15, 0.2) is 0 Å². The molecule has 5 heteroatoms. The van der Waals surface area contributed by atoms with E-state index in [9.17, 15) is 9.18 Å². The van der Waals surface area contributed by atoms with Gasteiger partial charge in [-0.1, -0.05) is 11.6 Å². The number of hydrogen-bond acceptors (Lipinski definition) is 1. The van der Waals surface area contributed by atoms with Gasteiger partial charge in [-0.3, -0.25) is 4.79 Å². The number of H-pyrrole nitrogens is 1. The van der Waals surface area contributed by atoms with Crippen molar-refractivity contribution in [3.8, 4) is 0 Å². The number of carbonyl (C=O) groups is 1. The van der Waals surface area contributed by atoms with Gasteiger partial charge in [-0.15, -0.1) is 0 Å². The first-order chi connectivity index (χ1) is 7.08. The molecule has 0 aliphatic rings. The van der Waals surface area contributed by atoms with Crippen LogP contribution in [0.2, 0.25) is 5.15 Å². The van der Waals surface area contributed by atoms with Gasteiger partial charge in [-0.05, 0) is 18.2 Å². The normalized spacial score (nSPS) is 10.8. The molecule has 0 saturated carbocycles. The van der Waals surface area contributed by atoms with E-state index in [1.54, 1.807) is 0 Å². The maximum absolute atomic E-state index is 12.9. The van der Waals surface area contributed by atoms with E-state index in [-0.39, 0.29) is 17.4 Å². The van der Waals surface area contributed by atoms with Gasteiger partial charge >= 0.3 is 5.97 Å². The highest BCUT2D eigenvalue weighted by atomic mass is 35.5. The number of aliphatic carboxylic acids is 1. The summed E-state index contributed by atoms with van der Waals surface area (Å²) >= 11 is 5.82. The number of carboxylic acid groups (broad SMARTS) is 1. The molecular formula is C10H7ClFNO2. The van der Waals surface area contributed by atoms with Crippen LogP contribution in [0, 0.1) is 5.82 Å². The summed E-state index contributed by atoms with van der Waals surface area (Å²) in [4.78, 5) is 13.3. The standard InChI is InChI=1S/C10H7ClFNO2/c11-10-7(4-9(14)15)6-2-1-5(12)3-8(6)13-10/h1-3,13H,4H2,(H,14,15). The molecule has 0 saturated heterocycles. The second-order valence-electron chi connectivity index (χ2n) is 3.18. The molecule has 1 aromatic heterocycles. The van der Waals surface area contributed by atoms with Crippen LogP contribution in [0.5, 0.6) is 0 Å². The van der Waals surface area contributed by atoms with Crippen LogP contribution in [0.4, 0.5) is 4.39 Å². The predicted molar refractivity (Wildman–Crippen MR) is 54.6 cm³/mol. The quantitative estimate of drug-likeness (QED) is 0.829. The third kappa shape index (κ3) is 1.80. The molecule has 0 unspecified atom stereocenters. The van der Waals surface area contributed by atoms with Crippen LogP contribution in [0.1, 0.15) is 5.56 Å². The van der Waals surface area contributed by atoms with E-state index < -0.39 is 5.97 Å². The SMILES string of the molecule is O=C(O)Cc1c(Cl)[nH]c2cc(F)ccc12. The molecule has 0 bridgehead atoms. The largest absolute Gasteiger partial charge is 0.481 e. The Balaban J connectivity index is 2.63. The number of hydrogen-bond donors (Lipinski definition) is 2. The van der Waals surface area contributed by atoms with Gasteiger partial charge in [-0.25, -0.2) is 4.39 Å². The molecule has 0 aliphatic carbocycles. The number of aromatic amines is 1. The summed E-state index contributed by atoms with van der Waals surface area (Å²) in [6, 6.07) is 4.08. The molecule has 2 rings (SSSR count). The minimum atomic E-state index is -0.970. The van der Waals surface area contributed by atoms with Gasteiger partial charge in [0.25, 0.3) is 0 Å². The Morgan fingerprint density at radius 3 is 2.93 bits per heavy atom. The Morgan fingerprint density at radius 2 is 2.27 bits per heavy atom. The van der Waals surface area contributed by atoms with Crippen LogP contribution in [0.3, 0.4) is 0 Å². The zero-order chi connectivity index (χ0) is 11.0. The molecule has 0 spiro atoms. The van der Waals surface area contributed by atoms with E-state index in [1.165, 1.54) is 18.2 Å². The zero-order valence-electron chi connectivity index (χ0n) is 7.55. The maximum atomic E-state index is 12.9. The minimum absolute atomic E-state index is 0.176. The van der Waals surface area contributed by atoms with Crippen molar-refractivity contribution in [1.82, 2.24) is 4.98 Å². The lowest BCUT2D eigenvalue weighted by Crippen LogP contribution is -1.99. The fourth-order valence-corrected chi connectivity index (χ4v) is 1.79. The Kier molecular flexibility index (Phi) is 2.36. The minimum Gasteiger partial charge on any atom is -0.481 e. The Labute approximate surface area is 89.5 Å². The van der Waals surface area contributed by atoms with E-state index in [0.29, 0.717) is 16.5 Å². The van der Waals surface area contributed by atoms with Crippen molar-refractivity contribution in [2.45, 2.75) is 6.42 Å². The van der Waals surface area contributed by atoms with E-state index in [4.69, 9.17) is 16.7 Å². The molecule has 1 heterocycles. The first-order valence-electron chi connectivity index (χ1n) is 4.25. The highest BCUT2D eigenvalue weighted by Gasteiger charge is 2.13. The lowest BCUT2D eigenvalue weighted by Gasteiger charge is -1.95. The maximum Gasteiger partial charge on any atom is 0.307 e. The van der Waals surface area contributed by atoms with Crippen molar-refractivity contribution in [2.24, 2.45) is 0 Å². The number of benzene rings is 1. The van der Waals surface area contributed by atoms with Crippen molar-refractivity contribution in [3.63, 3.8) is 0 Å². The van der Waals surface area contributed by atoms with Crippen LogP contribution in [-0.2, 0) is 11.2 Å². The van der Waals surface area contributed by atoms with Crippen LogP contribution in [0.15, 0.2) is 18.2 Å². The summed E-state index contributed by atoms with van der Waals surface area (Å²) in [5, 5.41) is 9.57. The van der Waals surface area contributed by atoms with E-state index in [0.717, 1.165) is 0 Å². The van der Waals surface area contributed by atoms with Gasteiger partial charge in [0.05, 0.1) is 6.42 Å². The van der Waals surface area contributed by atoms with Crippen LogP contribution in [0.25, 0.3) is 10.9 Å². The number of aromatic nitrogens is 1. The van der Waals surface area contributed by atoms with Crippen molar-refractivity contribution >= 4 is 28.5 Å². The third-order valence-corrected chi connectivity index (χ3v) is 2.47. The Bertz CT molecular complexity index is 535. The molecule has 15 heavy (non-hydrogen) atoms. The van der Waals surface area contributed by atoms with Gasteiger partial charge in [0.2, 0.25) is 0 Å². The fourth-order valence-electron chi connectivity index (χ4n) is 1.52. The summed E-state index contributed by atoms with van der Waals surface area (Å²) in [5.41, 5.74) is 0.996. The van der Waals surface area contributed by atoms with Crippen molar-refractivity contribution < 1.29 is 14.3 Å².